The summed E-state index contributed by atoms with van der Waals surface area (Å²) in [7, 11) is 0. The third kappa shape index (κ3) is 4.69. The minimum Gasteiger partial charge on any atom is -0.357 e. The fraction of sp³-hybridized carbons (Fsp3) is 0.462. The van der Waals surface area contributed by atoms with Gasteiger partial charge in [-0.3, -0.25) is 10.1 Å². The second kappa shape index (κ2) is 10.1. The van der Waals surface area contributed by atoms with Crippen molar-refractivity contribution in [3.05, 3.63) is 75.0 Å². The maximum atomic E-state index is 10.8. The van der Waals surface area contributed by atoms with E-state index in [9.17, 15) is 10.1 Å². The number of nitrogens with zero attached hydrogens (tertiary/aromatic N) is 1. The van der Waals surface area contributed by atoms with Crippen LogP contribution in [0.15, 0.2) is 42.5 Å². The number of halogens is 1. The third-order valence-corrected chi connectivity index (χ3v) is 7.26. The SMILES string of the molecule is Cl.O=[N+]([O-])c1ccc(CCNC2CCCc3c2[nH]c2ccc(C4CCCCC4)cc32)cc1. The molecule has 1 atom stereocenters. The molecule has 32 heavy (non-hydrogen) atoms. The molecule has 1 aromatic heterocycles. The van der Waals surface area contributed by atoms with Crippen LogP contribution in [-0.2, 0) is 12.8 Å². The Hall–Kier alpha value is -2.37. The molecule has 0 aliphatic heterocycles. The largest absolute Gasteiger partial charge is 0.357 e. The van der Waals surface area contributed by atoms with Crippen molar-refractivity contribution in [3.63, 3.8) is 0 Å². The Balaban J connectivity index is 0.00000245. The average molecular weight is 454 g/mol. The van der Waals surface area contributed by atoms with E-state index in [0.29, 0.717) is 6.04 Å². The third-order valence-electron chi connectivity index (χ3n) is 7.26. The van der Waals surface area contributed by atoms with Gasteiger partial charge in [0, 0.05) is 34.8 Å². The molecule has 2 aliphatic carbocycles. The van der Waals surface area contributed by atoms with Crippen LogP contribution < -0.4 is 5.32 Å². The zero-order valence-corrected chi connectivity index (χ0v) is 19.3. The van der Waals surface area contributed by atoms with Crippen molar-refractivity contribution in [3.8, 4) is 0 Å². The number of H-pyrrole nitrogens is 1. The molecule has 1 unspecified atom stereocenters. The molecule has 6 heteroatoms. The van der Waals surface area contributed by atoms with Gasteiger partial charge in [0.2, 0.25) is 0 Å². The lowest BCUT2D eigenvalue weighted by Gasteiger charge is -2.24. The molecule has 2 aromatic carbocycles. The fourth-order valence-corrected chi connectivity index (χ4v) is 5.55. The first-order valence-corrected chi connectivity index (χ1v) is 11.8. The first-order valence-electron chi connectivity index (χ1n) is 11.8. The lowest BCUT2D eigenvalue weighted by atomic mass is 9.83. The van der Waals surface area contributed by atoms with E-state index in [2.05, 4.69) is 28.5 Å². The molecule has 5 rings (SSSR count). The van der Waals surface area contributed by atoms with Gasteiger partial charge in [-0.2, -0.15) is 0 Å². The zero-order valence-electron chi connectivity index (χ0n) is 18.4. The van der Waals surface area contributed by atoms with Crippen LogP contribution in [0.4, 0.5) is 5.69 Å². The van der Waals surface area contributed by atoms with Crippen molar-refractivity contribution in [1.82, 2.24) is 10.3 Å². The van der Waals surface area contributed by atoms with E-state index < -0.39 is 0 Å². The predicted molar refractivity (Wildman–Crippen MR) is 132 cm³/mol. The van der Waals surface area contributed by atoms with Gasteiger partial charge in [0.25, 0.3) is 5.69 Å². The highest BCUT2D eigenvalue weighted by Gasteiger charge is 2.25. The number of benzene rings is 2. The molecule has 0 spiro atoms. The maximum absolute atomic E-state index is 10.8. The second-order valence-corrected chi connectivity index (χ2v) is 9.23. The molecular formula is C26H32ClN3O2. The van der Waals surface area contributed by atoms with Crippen molar-refractivity contribution < 1.29 is 4.92 Å². The van der Waals surface area contributed by atoms with Gasteiger partial charge >= 0.3 is 0 Å². The monoisotopic (exact) mass is 453 g/mol. The molecule has 2 N–H and O–H groups in total. The Morgan fingerprint density at radius 2 is 1.78 bits per heavy atom. The van der Waals surface area contributed by atoms with E-state index in [-0.39, 0.29) is 23.0 Å². The van der Waals surface area contributed by atoms with Crippen LogP contribution in [0.3, 0.4) is 0 Å². The van der Waals surface area contributed by atoms with Crippen LogP contribution in [0, 0.1) is 10.1 Å². The highest BCUT2D eigenvalue weighted by Crippen LogP contribution is 2.38. The van der Waals surface area contributed by atoms with Gasteiger partial charge in [-0.1, -0.05) is 37.5 Å². The minimum atomic E-state index is -0.346. The quantitative estimate of drug-likeness (QED) is 0.320. The summed E-state index contributed by atoms with van der Waals surface area (Å²) in [6.45, 7) is 0.866. The molecule has 0 bridgehead atoms. The second-order valence-electron chi connectivity index (χ2n) is 9.23. The van der Waals surface area contributed by atoms with Crippen LogP contribution >= 0.6 is 12.4 Å². The Morgan fingerprint density at radius 1 is 1.00 bits per heavy atom. The first kappa shape index (κ1) is 22.8. The van der Waals surface area contributed by atoms with Gasteiger partial charge in [-0.05, 0) is 79.8 Å². The lowest BCUT2D eigenvalue weighted by Crippen LogP contribution is -2.27. The number of hydrogen-bond donors (Lipinski definition) is 2. The van der Waals surface area contributed by atoms with Crippen molar-refractivity contribution in [2.24, 2.45) is 0 Å². The summed E-state index contributed by atoms with van der Waals surface area (Å²) < 4.78 is 0. The van der Waals surface area contributed by atoms with E-state index in [1.165, 1.54) is 66.2 Å². The average Bonchev–Trinajstić information content (AvgIpc) is 3.19. The van der Waals surface area contributed by atoms with Gasteiger partial charge in [-0.15, -0.1) is 12.4 Å². The maximum Gasteiger partial charge on any atom is 0.269 e. The summed E-state index contributed by atoms with van der Waals surface area (Å²) in [6.07, 6.45) is 11.2. The molecule has 5 nitrogen and oxygen atoms in total. The van der Waals surface area contributed by atoms with Gasteiger partial charge in [0.05, 0.1) is 4.92 Å². The van der Waals surface area contributed by atoms with Crippen molar-refractivity contribution in [2.75, 3.05) is 6.54 Å². The number of nitrogens with one attached hydrogen (secondary N) is 2. The summed E-state index contributed by atoms with van der Waals surface area (Å²) in [5.41, 5.74) is 6.95. The number of aromatic amines is 1. The van der Waals surface area contributed by atoms with E-state index in [0.717, 1.165) is 37.3 Å². The molecule has 2 aliphatic rings. The number of fused-ring (bicyclic) bond motifs is 3. The highest BCUT2D eigenvalue weighted by atomic mass is 35.5. The van der Waals surface area contributed by atoms with Gasteiger partial charge in [0.1, 0.15) is 0 Å². The Morgan fingerprint density at radius 3 is 2.53 bits per heavy atom. The predicted octanol–water partition coefficient (Wildman–Crippen LogP) is 6.76. The molecule has 0 amide bonds. The summed E-state index contributed by atoms with van der Waals surface area (Å²) in [4.78, 5) is 14.2. The van der Waals surface area contributed by atoms with Crippen LogP contribution in [0.5, 0.6) is 0 Å². The van der Waals surface area contributed by atoms with Crippen LogP contribution in [-0.4, -0.2) is 16.5 Å². The summed E-state index contributed by atoms with van der Waals surface area (Å²) in [5.74, 6) is 0.739. The van der Waals surface area contributed by atoms with Crippen molar-refractivity contribution in [1.29, 1.82) is 0 Å². The van der Waals surface area contributed by atoms with Crippen molar-refractivity contribution in [2.45, 2.75) is 69.7 Å². The molecule has 1 saturated carbocycles. The number of aryl methyl sites for hydroxylation is 1. The fourth-order valence-electron chi connectivity index (χ4n) is 5.55. The van der Waals surface area contributed by atoms with Gasteiger partial charge in [-0.25, -0.2) is 0 Å². The summed E-state index contributed by atoms with van der Waals surface area (Å²) in [6, 6.07) is 14.4. The molecule has 1 fully saturated rings. The summed E-state index contributed by atoms with van der Waals surface area (Å²) in [5, 5.41) is 16.0. The molecular weight excluding hydrogens is 422 g/mol. The standard InChI is InChI=1S/C26H31N3O2.ClH/c30-29(31)21-12-9-18(10-13-21)15-16-27-25-8-4-7-22-23-17-20(19-5-2-1-3-6-19)11-14-24(23)28-26(22)25;/h9-14,17,19,25,27-28H,1-8,15-16H2;1H. The molecule has 0 saturated heterocycles. The summed E-state index contributed by atoms with van der Waals surface area (Å²) >= 11 is 0. The van der Waals surface area contributed by atoms with Gasteiger partial charge < -0.3 is 10.3 Å². The van der Waals surface area contributed by atoms with E-state index in [4.69, 9.17) is 0 Å². The van der Waals surface area contributed by atoms with E-state index >= 15 is 0 Å². The van der Waals surface area contributed by atoms with Crippen LogP contribution in [0.1, 0.15) is 79.3 Å². The lowest BCUT2D eigenvalue weighted by molar-refractivity contribution is -0.384. The first-order chi connectivity index (χ1) is 15.2. The molecule has 170 valence electrons. The van der Waals surface area contributed by atoms with E-state index in [1.807, 2.05) is 12.1 Å². The number of non-ortho nitro benzene ring substituents is 1. The molecule has 1 heterocycles. The van der Waals surface area contributed by atoms with Crippen LogP contribution in [0.25, 0.3) is 10.9 Å². The Kier molecular flexibility index (Phi) is 7.17. The van der Waals surface area contributed by atoms with Crippen LogP contribution in [0.2, 0.25) is 0 Å². The van der Waals surface area contributed by atoms with Gasteiger partial charge in [0.15, 0.2) is 0 Å². The minimum absolute atomic E-state index is 0. The number of nitro groups is 1. The molecule has 0 radical (unpaired) electrons. The van der Waals surface area contributed by atoms with E-state index in [1.54, 1.807) is 12.1 Å². The topological polar surface area (TPSA) is 71.0 Å². The zero-order chi connectivity index (χ0) is 21.2. The Bertz CT molecular complexity index is 1070. The Labute approximate surface area is 195 Å². The van der Waals surface area contributed by atoms with Crippen molar-refractivity contribution >= 4 is 29.0 Å². The highest BCUT2D eigenvalue weighted by molar-refractivity contribution is 5.86. The number of nitro benzene ring substituents is 1. The molecule has 3 aromatic rings. The normalized spacial score (nSPS) is 18.8. The smallest absolute Gasteiger partial charge is 0.269 e. The number of aromatic nitrogens is 1. The number of hydrogen-bond acceptors (Lipinski definition) is 3. The number of rotatable bonds is 6.